The second-order valence-corrected chi connectivity index (χ2v) is 3.90. The lowest BCUT2D eigenvalue weighted by molar-refractivity contribution is 0.101. The van der Waals surface area contributed by atoms with Gasteiger partial charge >= 0.3 is 0 Å². The van der Waals surface area contributed by atoms with Gasteiger partial charge < -0.3 is 9.88 Å². The van der Waals surface area contributed by atoms with E-state index in [-0.39, 0.29) is 5.91 Å². The molecule has 2 rings (SSSR count). The van der Waals surface area contributed by atoms with Crippen LogP contribution in [0.3, 0.4) is 0 Å². The highest BCUT2D eigenvalue weighted by Crippen LogP contribution is 2.17. The van der Waals surface area contributed by atoms with Gasteiger partial charge in [0.05, 0.1) is 12.5 Å². The van der Waals surface area contributed by atoms with Crippen molar-refractivity contribution in [1.29, 1.82) is 0 Å². The highest BCUT2D eigenvalue weighted by atomic mass is 35.5. The van der Waals surface area contributed by atoms with Gasteiger partial charge in [-0.15, -0.1) is 11.6 Å². The molecule has 0 saturated heterocycles. The molecule has 2 aromatic rings. The highest BCUT2D eigenvalue weighted by molar-refractivity contribution is 6.17. The summed E-state index contributed by atoms with van der Waals surface area (Å²) in [6.07, 6.45) is 3.11. The third-order valence-electron chi connectivity index (χ3n) is 2.46. The van der Waals surface area contributed by atoms with Crippen molar-refractivity contribution in [3.05, 3.63) is 48.0 Å². The standard InChI is InChI=1S/C12H12ClN3O/c1-16-8-14-7-11(16)12(17)15-10-5-3-2-4-9(10)6-13/h2-5,7-8H,6H2,1H3,(H,15,17). The number of carbonyl (C=O) groups is 1. The first kappa shape index (κ1) is 11.7. The summed E-state index contributed by atoms with van der Waals surface area (Å²) in [6.45, 7) is 0. The van der Waals surface area contributed by atoms with E-state index in [2.05, 4.69) is 10.3 Å². The molecule has 5 heteroatoms. The number of amides is 1. The lowest BCUT2D eigenvalue weighted by atomic mass is 10.2. The first-order chi connectivity index (χ1) is 8.22. The van der Waals surface area contributed by atoms with Crippen molar-refractivity contribution in [2.45, 2.75) is 5.88 Å². The van der Waals surface area contributed by atoms with Crippen molar-refractivity contribution in [2.24, 2.45) is 7.05 Å². The van der Waals surface area contributed by atoms with Crippen LogP contribution in [-0.4, -0.2) is 15.5 Å². The van der Waals surface area contributed by atoms with Crippen LogP contribution in [0.5, 0.6) is 0 Å². The zero-order valence-corrected chi connectivity index (χ0v) is 10.1. The van der Waals surface area contributed by atoms with E-state index in [0.717, 1.165) is 11.3 Å². The molecule has 0 unspecified atom stereocenters. The van der Waals surface area contributed by atoms with E-state index in [4.69, 9.17) is 11.6 Å². The third kappa shape index (κ3) is 2.47. The number of anilines is 1. The largest absolute Gasteiger partial charge is 0.330 e. The first-order valence-corrected chi connectivity index (χ1v) is 5.67. The Balaban J connectivity index is 2.22. The fourth-order valence-electron chi connectivity index (χ4n) is 1.52. The molecule has 4 nitrogen and oxygen atoms in total. The first-order valence-electron chi connectivity index (χ1n) is 5.14. The number of imidazole rings is 1. The van der Waals surface area contributed by atoms with Crippen molar-refractivity contribution in [3.8, 4) is 0 Å². The molecule has 1 N–H and O–H groups in total. The molecule has 0 aliphatic rings. The number of nitrogens with one attached hydrogen (secondary N) is 1. The number of hydrogen-bond acceptors (Lipinski definition) is 2. The maximum atomic E-state index is 11.9. The Morgan fingerprint density at radius 3 is 2.88 bits per heavy atom. The van der Waals surface area contributed by atoms with E-state index in [1.165, 1.54) is 6.20 Å². The van der Waals surface area contributed by atoms with Crippen molar-refractivity contribution in [2.75, 3.05) is 5.32 Å². The predicted octanol–water partition coefficient (Wildman–Crippen LogP) is 2.41. The van der Waals surface area contributed by atoms with Crippen LogP contribution in [0.4, 0.5) is 5.69 Å². The van der Waals surface area contributed by atoms with Crippen LogP contribution in [0, 0.1) is 0 Å². The molecule has 0 aliphatic heterocycles. The number of halogens is 1. The Morgan fingerprint density at radius 2 is 2.24 bits per heavy atom. The molecule has 17 heavy (non-hydrogen) atoms. The summed E-state index contributed by atoms with van der Waals surface area (Å²) >= 11 is 5.80. The van der Waals surface area contributed by atoms with Gasteiger partial charge in [0.25, 0.3) is 5.91 Å². The summed E-state index contributed by atoms with van der Waals surface area (Å²) in [5.41, 5.74) is 2.13. The number of alkyl halides is 1. The van der Waals surface area contributed by atoms with E-state index < -0.39 is 0 Å². The molecule has 1 heterocycles. The van der Waals surface area contributed by atoms with Crippen LogP contribution in [0.2, 0.25) is 0 Å². The summed E-state index contributed by atoms with van der Waals surface area (Å²) in [6, 6.07) is 7.45. The molecule has 88 valence electrons. The van der Waals surface area contributed by atoms with E-state index in [0.29, 0.717) is 11.6 Å². The van der Waals surface area contributed by atoms with Crippen molar-refractivity contribution >= 4 is 23.2 Å². The lowest BCUT2D eigenvalue weighted by Crippen LogP contribution is -2.16. The van der Waals surface area contributed by atoms with Gasteiger partial charge in [0.1, 0.15) is 5.69 Å². The van der Waals surface area contributed by atoms with Crippen molar-refractivity contribution < 1.29 is 4.79 Å². The number of nitrogens with zero attached hydrogens (tertiary/aromatic N) is 2. The van der Waals surface area contributed by atoms with Gasteiger partial charge in [-0.3, -0.25) is 4.79 Å². The second-order valence-electron chi connectivity index (χ2n) is 3.63. The van der Waals surface area contributed by atoms with E-state index in [1.807, 2.05) is 24.3 Å². The Kier molecular flexibility index (Phi) is 3.44. The average Bonchev–Trinajstić information content (AvgIpc) is 2.76. The van der Waals surface area contributed by atoms with Crippen LogP contribution >= 0.6 is 11.6 Å². The van der Waals surface area contributed by atoms with Gasteiger partial charge in [-0.2, -0.15) is 0 Å². The Bertz CT molecular complexity index is 536. The van der Waals surface area contributed by atoms with Crippen LogP contribution in [0.25, 0.3) is 0 Å². The lowest BCUT2D eigenvalue weighted by Gasteiger charge is -2.08. The van der Waals surface area contributed by atoms with Crippen LogP contribution in [-0.2, 0) is 12.9 Å². The smallest absolute Gasteiger partial charge is 0.273 e. The maximum absolute atomic E-state index is 11.9. The van der Waals surface area contributed by atoms with E-state index in [9.17, 15) is 4.79 Å². The zero-order chi connectivity index (χ0) is 12.3. The number of carbonyl (C=O) groups excluding carboxylic acids is 1. The maximum Gasteiger partial charge on any atom is 0.273 e. The van der Waals surface area contributed by atoms with Crippen LogP contribution in [0.15, 0.2) is 36.8 Å². The second kappa shape index (κ2) is 5.01. The van der Waals surface area contributed by atoms with Crippen LogP contribution < -0.4 is 5.32 Å². The minimum atomic E-state index is -0.192. The summed E-state index contributed by atoms with van der Waals surface area (Å²) in [5, 5.41) is 2.82. The van der Waals surface area contributed by atoms with Gasteiger partial charge in [-0.05, 0) is 11.6 Å². The molecule has 0 radical (unpaired) electrons. The van der Waals surface area contributed by atoms with Crippen molar-refractivity contribution in [3.63, 3.8) is 0 Å². The molecular weight excluding hydrogens is 238 g/mol. The molecular formula is C12H12ClN3O. The summed E-state index contributed by atoms with van der Waals surface area (Å²) in [7, 11) is 1.77. The molecule has 0 aliphatic carbocycles. The van der Waals surface area contributed by atoms with Gasteiger partial charge in [0.15, 0.2) is 0 Å². The normalized spacial score (nSPS) is 10.2. The highest BCUT2D eigenvalue weighted by Gasteiger charge is 2.11. The summed E-state index contributed by atoms with van der Waals surface area (Å²) in [5.74, 6) is 0.171. The van der Waals surface area contributed by atoms with E-state index in [1.54, 1.807) is 17.9 Å². The SMILES string of the molecule is Cn1cncc1C(=O)Nc1ccccc1CCl. The Labute approximate surface area is 104 Å². The Hall–Kier alpha value is -1.81. The number of hydrogen-bond donors (Lipinski definition) is 1. The molecule has 1 aromatic heterocycles. The molecule has 0 spiro atoms. The predicted molar refractivity (Wildman–Crippen MR) is 67.2 cm³/mol. The fraction of sp³-hybridized carbons (Fsp3) is 0.167. The van der Waals surface area contributed by atoms with Crippen LogP contribution in [0.1, 0.15) is 16.1 Å². The number of rotatable bonds is 3. The monoisotopic (exact) mass is 249 g/mol. The molecule has 0 bridgehead atoms. The number of aryl methyl sites for hydroxylation is 1. The molecule has 1 aromatic carbocycles. The van der Waals surface area contributed by atoms with E-state index >= 15 is 0 Å². The van der Waals surface area contributed by atoms with Gasteiger partial charge in [-0.25, -0.2) is 4.98 Å². The quantitative estimate of drug-likeness (QED) is 0.850. The number of aromatic nitrogens is 2. The Morgan fingerprint density at radius 1 is 1.47 bits per heavy atom. The zero-order valence-electron chi connectivity index (χ0n) is 9.35. The minimum absolute atomic E-state index is 0.192. The molecule has 0 atom stereocenters. The van der Waals surface area contributed by atoms with Gasteiger partial charge in [0.2, 0.25) is 0 Å². The minimum Gasteiger partial charge on any atom is -0.330 e. The molecule has 0 saturated carbocycles. The fourth-order valence-corrected chi connectivity index (χ4v) is 1.75. The number of para-hydroxylation sites is 1. The summed E-state index contributed by atoms with van der Waals surface area (Å²) in [4.78, 5) is 15.9. The van der Waals surface area contributed by atoms with Gasteiger partial charge in [0, 0.05) is 18.6 Å². The number of benzene rings is 1. The third-order valence-corrected chi connectivity index (χ3v) is 2.75. The molecule has 1 amide bonds. The van der Waals surface area contributed by atoms with Gasteiger partial charge in [-0.1, -0.05) is 18.2 Å². The van der Waals surface area contributed by atoms with Crippen molar-refractivity contribution in [1.82, 2.24) is 9.55 Å². The topological polar surface area (TPSA) is 46.9 Å². The summed E-state index contributed by atoms with van der Waals surface area (Å²) < 4.78 is 1.67. The average molecular weight is 250 g/mol. The molecule has 0 fully saturated rings.